The molecule has 0 radical (unpaired) electrons. The molecule has 0 saturated carbocycles. The maximum absolute atomic E-state index is 13.3. The quantitative estimate of drug-likeness (QED) is 0.733. The minimum atomic E-state index is -0.445. The van der Waals surface area contributed by atoms with Gasteiger partial charge in [-0.3, -0.25) is 4.79 Å². The molecule has 1 N–H and O–H groups in total. The summed E-state index contributed by atoms with van der Waals surface area (Å²) in [6.45, 7) is 0.943. The second-order valence-corrected chi connectivity index (χ2v) is 3.51. The number of nitrogens with zero attached hydrogens (tertiary/aromatic N) is 2. The maximum Gasteiger partial charge on any atom is 0.239 e. The van der Waals surface area contributed by atoms with E-state index < -0.39 is 5.82 Å². The van der Waals surface area contributed by atoms with Crippen LogP contribution in [0.3, 0.4) is 0 Å². The highest BCUT2D eigenvalue weighted by atomic mass is 19.1. The van der Waals surface area contributed by atoms with Crippen molar-refractivity contribution in [3.63, 3.8) is 0 Å². The molecule has 1 aromatic heterocycles. The van der Waals surface area contributed by atoms with Crippen molar-refractivity contribution in [2.24, 2.45) is 0 Å². The van der Waals surface area contributed by atoms with Gasteiger partial charge in [-0.05, 0) is 12.1 Å². The number of carbonyl (C=O) groups excluding carboxylic acids is 1. The standard InChI is InChI=1S/C11H16FN3O2/c1-15(8-10(16)13-6-7-17-2)11-9(12)4-3-5-14-11/h3-5H,6-8H2,1-2H3,(H,13,16). The highest BCUT2D eigenvalue weighted by Crippen LogP contribution is 2.12. The maximum atomic E-state index is 13.3. The molecule has 5 nitrogen and oxygen atoms in total. The average molecular weight is 241 g/mol. The monoisotopic (exact) mass is 241 g/mol. The van der Waals surface area contributed by atoms with Crippen molar-refractivity contribution in [1.29, 1.82) is 0 Å². The van der Waals surface area contributed by atoms with Crippen molar-refractivity contribution in [2.75, 3.05) is 38.8 Å². The third-order valence-electron chi connectivity index (χ3n) is 2.11. The number of anilines is 1. The lowest BCUT2D eigenvalue weighted by Crippen LogP contribution is -2.37. The fraction of sp³-hybridized carbons (Fsp3) is 0.455. The van der Waals surface area contributed by atoms with Crippen LogP contribution in [0.2, 0.25) is 0 Å². The van der Waals surface area contributed by atoms with Crippen LogP contribution >= 0.6 is 0 Å². The molecule has 0 aliphatic heterocycles. The van der Waals surface area contributed by atoms with Crippen LogP contribution in [0.25, 0.3) is 0 Å². The lowest BCUT2D eigenvalue weighted by molar-refractivity contribution is -0.119. The predicted molar refractivity (Wildman–Crippen MR) is 62.4 cm³/mol. The van der Waals surface area contributed by atoms with Crippen molar-refractivity contribution >= 4 is 11.7 Å². The zero-order valence-electron chi connectivity index (χ0n) is 9.94. The van der Waals surface area contributed by atoms with Gasteiger partial charge in [-0.1, -0.05) is 0 Å². The molecular weight excluding hydrogens is 225 g/mol. The van der Waals surface area contributed by atoms with E-state index in [4.69, 9.17) is 4.74 Å². The molecule has 94 valence electrons. The minimum Gasteiger partial charge on any atom is -0.383 e. The van der Waals surface area contributed by atoms with Crippen LogP contribution in [0, 0.1) is 5.82 Å². The normalized spacial score (nSPS) is 10.1. The summed E-state index contributed by atoms with van der Waals surface area (Å²) in [6, 6.07) is 2.81. The van der Waals surface area contributed by atoms with Gasteiger partial charge in [0.1, 0.15) is 0 Å². The molecule has 0 bridgehead atoms. The number of pyridine rings is 1. The first-order valence-electron chi connectivity index (χ1n) is 5.22. The Balaban J connectivity index is 2.46. The van der Waals surface area contributed by atoms with E-state index in [1.165, 1.54) is 23.2 Å². The summed E-state index contributed by atoms with van der Waals surface area (Å²) in [4.78, 5) is 16.8. The molecule has 1 rings (SSSR count). The second-order valence-electron chi connectivity index (χ2n) is 3.51. The SMILES string of the molecule is COCCNC(=O)CN(C)c1ncccc1F. The van der Waals surface area contributed by atoms with Crippen molar-refractivity contribution in [1.82, 2.24) is 10.3 Å². The molecule has 6 heteroatoms. The van der Waals surface area contributed by atoms with Gasteiger partial charge in [0.25, 0.3) is 0 Å². The number of halogens is 1. The number of amides is 1. The molecule has 0 atom stereocenters. The third-order valence-corrected chi connectivity index (χ3v) is 2.11. The lowest BCUT2D eigenvalue weighted by atomic mass is 10.4. The Morgan fingerprint density at radius 1 is 1.65 bits per heavy atom. The molecule has 0 saturated heterocycles. The highest BCUT2D eigenvalue weighted by Gasteiger charge is 2.11. The highest BCUT2D eigenvalue weighted by molar-refractivity contribution is 5.80. The van der Waals surface area contributed by atoms with Crippen LogP contribution in [-0.2, 0) is 9.53 Å². The number of methoxy groups -OCH3 is 1. The summed E-state index contributed by atoms with van der Waals surface area (Å²) in [6.07, 6.45) is 1.48. The van der Waals surface area contributed by atoms with Crippen LogP contribution in [0.4, 0.5) is 10.2 Å². The minimum absolute atomic E-state index is 0.0532. The lowest BCUT2D eigenvalue weighted by Gasteiger charge is -2.17. The van der Waals surface area contributed by atoms with Gasteiger partial charge in [-0.15, -0.1) is 0 Å². The van der Waals surface area contributed by atoms with Gasteiger partial charge in [0.15, 0.2) is 11.6 Å². The van der Waals surface area contributed by atoms with Gasteiger partial charge in [0.05, 0.1) is 13.2 Å². The van der Waals surface area contributed by atoms with Gasteiger partial charge < -0.3 is 15.0 Å². The van der Waals surface area contributed by atoms with Gasteiger partial charge >= 0.3 is 0 Å². The predicted octanol–water partition coefficient (Wildman–Crippen LogP) is 0.419. The molecule has 0 aliphatic rings. The summed E-state index contributed by atoms with van der Waals surface area (Å²) < 4.78 is 18.1. The van der Waals surface area contributed by atoms with Crippen LogP contribution < -0.4 is 10.2 Å². The summed E-state index contributed by atoms with van der Waals surface area (Å²) >= 11 is 0. The Hall–Kier alpha value is -1.69. The molecule has 1 aromatic rings. The summed E-state index contributed by atoms with van der Waals surface area (Å²) in [5.41, 5.74) is 0. The summed E-state index contributed by atoms with van der Waals surface area (Å²) in [5, 5.41) is 2.65. The van der Waals surface area contributed by atoms with E-state index in [1.54, 1.807) is 14.2 Å². The Kier molecular flexibility index (Phi) is 5.35. The molecule has 0 aromatic carbocycles. The van der Waals surface area contributed by atoms with Crippen LogP contribution in [-0.4, -0.2) is 44.7 Å². The molecule has 0 unspecified atom stereocenters. The summed E-state index contributed by atoms with van der Waals surface area (Å²) in [5.74, 6) is -0.483. The zero-order valence-corrected chi connectivity index (χ0v) is 9.94. The van der Waals surface area contributed by atoms with Crippen molar-refractivity contribution < 1.29 is 13.9 Å². The van der Waals surface area contributed by atoms with Crippen molar-refractivity contribution in [3.05, 3.63) is 24.1 Å². The van der Waals surface area contributed by atoms with E-state index in [0.29, 0.717) is 13.2 Å². The van der Waals surface area contributed by atoms with E-state index in [2.05, 4.69) is 10.3 Å². The number of nitrogens with one attached hydrogen (secondary N) is 1. The average Bonchev–Trinajstić information content (AvgIpc) is 2.29. The first-order chi connectivity index (χ1) is 8.15. The van der Waals surface area contributed by atoms with E-state index in [9.17, 15) is 9.18 Å². The van der Waals surface area contributed by atoms with Crippen molar-refractivity contribution in [3.8, 4) is 0 Å². The van der Waals surface area contributed by atoms with Crippen LogP contribution in [0.5, 0.6) is 0 Å². The van der Waals surface area contributed by atoms with Gasteiger partial charge in [0, 0.05) is 26.9 Å². The number of rotatable bonds is 6. The molecule has 1 heterocycles. The van der Waals surface area contributed by atoms with Crippen LogP contribution in [0.1, 0.15) is 0 Å². The van der Waals surface area contributed by atoms with E-state index in [1.807, 2.05) is 0 Å². The third kappa shape index (κ3) is 4.36. The largest absolute Gasteiger partial charge is 0.383 e. The second kappa shape index (κ2) is 6.80. The Morgan fingerprint density at radius 3 is 3.06 bits per heavy atom. The molecule has 17 heavy (non-hydrogen) atoms. The Bertz CT molecular complexity index is 373. The molecule has 0 aliphatic carbocycles. The number of hydrogen-bond donors (Lipinski definition) is 1. The zero-order chi connectivity index (χ0) is 12.7. The molecule has 1 amide bonds. The molecular formula is C11H16FN3O2. The Morgan fingerprint density at radius 2 is 2.41 bits per heavy atom. The fourth-order valence-corrected chi connectivity index (χ4v) is 1.30. The first kappa shape index (κ1) is 13.4. The number of aromatic nitrogens is 1. The molecule has 0 spiro atoms. The van der Waals surface area contributed by atoms with E-state index in [-0.39, 0.29) is 18.3 Å². The Labute approximate surface area is 99.6 Å². The number of carbonyl (C=O) groups is 1. The van der Waals surface area contributed by atoms with Gasteiger partial charge in [-0.25, -0.2) is 9.37 Å². The van der Waals surface area contributed by atoms with Crippen LogP contribution in [0.15, 0.2) is 18.3 Å². The molecule has 0 fully saturated rings. The summed E-state index contributed by atoms with van der Waals surface area (Å²) in [7, 11) is 3.17. The van der Waals surface area contributed by atoms with Crippen molar-refractivity contribution in [2.45, 2.75) is 0 Å². The number of hydrogen-bond acceptors (Lipinski definition) is 4. The fourth-order valence-electron chi connectivity index (χ4n) is 1.30. The van der Waals surface area contributed by atoms with E-state index in [0.717, 1.165) is 0 Å². The smallest absolute Gasteiger partial charge is 0.239 e. The number of likely N-dealkylation sites (N-methyl/N-ethyl adjacent to an activating group) is 1. The topological polar surface area (TPSA) is 54.5 Å². The number of ether oxygens (including phenoxy) is 1. The van der Waals surface area contributed by atoms with Gasteiger partial charge in [0.2, 0.25) is 5.91 Å². The first-order valence-corrected chi connectivity index (χ1v) is 5.22. The van der Waals surface area contributed by atoms with Gasteiger partial charge in [-0.2, -0.15) is 0 Å². The van der Waals surface area contributed by atoms with E-state index >= 15 is 0 Å².